The zero-order valence-electron chi connectivity index (χ0n) is 12.2. The zero-order valence-corrected chi connectivity index (χ0v) is 12.2. The number of hydrogen-bond acceptors (Lipinski definition) is 2. The van der Waals surface area contributed by atoms with E-state index in [-0.39, 0.29) is 11.9 Å². The fraction of sp³-hybridized carbons (Fsp3) is 0.278. The van der Waals surface area contributed by atoms with E-state index in [2.05, 4.69) is 34.9 Å². The molecular weight excluding hydrogens is 260 g/mol. The molecule has 0 bridgehead atoms. The van der Waals surface area contributed by atoms with Gasteiger partial charge in [0.2, 0.25) is 0 Å². The highest BCUT2D eigenvalue weighted by molar-refractivity contribution is 5.95. The standard InChI is InChI=1S/C18H20N2O/c1-13-6-2-4-8-15(13)18(21)20-12-17-16-9-5-3-7-14(16)10-11-19-17/h2-9,17,19H,10-12H2,1H3,(H,20,21). The molecule has 0 saturated carbocycles. The minimum atomic E-state index is -0.00189. The van der Waals surface area contributed by atoms with Crippen LogP contribution in [-0.2, 0) is 6.42 Å². The normalized spacial score (nSPS) is 17.1. The van der Waals surface area contributed by atoms with Gasteiger partial charge in [-0.15, -0.1) is 0 Å². The summed E-state index contributed by atoms with van der Waals surface area (Å²) in [6.07, 6.45) is 1.05. The third-order valence-electron chi connectivity index (χ3n) is 4.07. The van der Waals surface area contributed by atoms with Crippen molar-refractivity contribution in [1.82, 2.24) is 10.6 Å². The number of carbonyl (C=O) groups is 1. The van der Waals surface area contributed by atoms with Crippen molar-refractivity contribution in [1.29, 1.82) is 0 Å². The van der Waals surface area contributed by atoms with E-state index >= 15 is 0 Å². The largest absolute Gasteiger partial charge is 0.350 e. The first-order valence-corrected chi connectivity index (χ1v) is 7.41. The molecule has 1 aliphatic heterocycles. The van der Waals surface area contributed by atoms with E-state index in [1.807, 2.05) is 31.2 Å². The Hall–Kier alpha value is -2.13. The quantitative estimate of drug-likeness (QED) is 0.907. The minimum absolute atomic E-state index is 0.00189. The van der Waals surface area contributed by atoms with Crippen LogP contribution in [0.5, 0.6) is 0 Å². The second-order valence-corrected chi connectivity index (χ2v) is 5.48. The number of nitrogens with one attached hydrogen (secondary N) is 2. The predicted octanol–water partition coefficient (Wildman–Crippen LogP) is 2.61. The fourth-order valence-electron chi connectivity index (χ4n) is 2.89. The average molecular weight is 280 g/mol. The Balaban J connectivity index is 1.69. The molecule has 2 N–H and O–H groups in total. The molecule has 0 spiro atoms. The van der Waals surface area contributed by atoms with Gasteiger partial charge in [-0.2, -0.15) is 0 Å². The lowest BCUT2D eigenvalue weighted by molar-refractivity contribution is 0.0948. The van der Waals surface area contributed by atoms with Crippen LogP contribution in [0.25, 0.3) is 0 Å². The van der Waals surface area contributed by atoms with Gasteiger partial charge in [-0.05, 0) is 42.6 Å². The topological polar surface area (TPSA) is 41.1 Å². The van der Waals surface area contributed by atoms with Crippen LogP contribution >= 0.6 is 0 Å². The van der Waals surface area contributed by atoms with Gasteiger partial charge in [-0.3, -0.25) is 4.79 Å². The van der Waals surface area contributed by atoms with Crippen LogP contribution < -0.4 is 10.6 Å². The smallest absolute Gasteiger partial charge is 0.251 e. The minimum Gasteiger partial charge on any atom is -0.350 e. The number of fused-ring (bicyclic) bond motifs is 1. The van der Waals surface area contributed by atoms with E-state index < -0.39 is 0 Å². The van der Waals surface area contributed by atoms with Crippen molar-refractivity contribution in [3.05, 3.63) is 70.8 Å². The monoisotopic (exact) mass is 280 g/mol. The van der Waals surface area contributed by atoms with Gasteiger partial charge in [-0.1, -0.05) is 42.5 Å². The molecular formula is C18H20N2O. The molecule has 1 unspecified atom stereocenters. The lowest BCUT2D eigenvalue weighted by Crippen LogP contribution is -2.39. The summed E-state index contributed by atoms with van der Waals surface area (Å²) in [5.74, 6) is -0.00189. The molecule has 3 rings (SSSR count). The second kappa shape index (κ2) is 6.10. The van der Waals surface area contributed by atoms with Gasteiger partial charge in [0, 0.05) is 18.2 Å². The maximum Gasteiger partial charge on any atom is 0.251 e. The number of amides is 1. The molecule has 1 heterocycles. The third kappa shape index (κ3) is 2.98. The molecule has 1 amide bonds. The Labute approximate surface area is 125 Å². The highest BCUT2D eigenvalue weighted by Crippen LogP contribution is 2.22. The van der Waals surface area contributed by atoms with E-state index in [0.717, 1.165) is 24.1 Å². The van der Waals surface area contributed by atoms with Gasteiger partial charge in [0.15, 0.2) is 0 Å². The zero-order chi connectivity index (χ0) is 14.7. The Kier molecular flexibility index (Phi) is 4.02. The summed E-state index contributed by atoms with van der Waals surface area (Å²) < 4.78 is 0. The Morgan fingerprint density at radius 1 is 1.19 bits per heavy atom. The number of aryl methyl sites for hydroxylation is 1. The lowest BCUT2D eigenvalue weighted by atomic mass is 9.94. The molecule has 1 atom stereocenters. The second-order valence-electron chi connectivity index (χ2n) is 5.48. The molecule has 3 heteroatoms. The van der Waals surface area contributed by atoms with Crippen LogP contribution in [0.4, 0.5) is 0 Å². The van der Waals surface area contributed by atoms with Crippen LogP contribution in [0.15, 0.2) is 48.5 Å². The Morgan fingerprint density at radius 2 is 1.95 bits per heavy atom. The maximum absolute atomic E-state index is 12.3. The molecule has 0 aromatic heterocycles. The number of benzene rings is 2. The van der Waals surface area contributed by atoms with E-state index in [1.165, 1.54) is 11.1 Å². The molecule has 0 fully saturated rings. The van der Waals surface area contributed by atoms with Crippen molar-refractivity contribution in [3.8, 4) is 0 Å². The highest BCUT2D eigenvalue weighted by atomic mass is 16.1. The van der Waals surface area contributed by atoms with Gasteiger partial charge in [0.05, 0.1) is 0 Å². The van der Waals surface area contributed by atoms with Gasteiger partial charge in [-0.25, -0.2) is 0 Å². The first kappa shape index (κ1) is 13.8. The van der Waals surface area contributed by atoms with Crippen LogP contribution in [0.3, 0.4) is 0 Å². The molecule has 3 nitrogen and oxygen atoms in total. The average Bonchev–Trinajstić information content (AvgIpc) is 2.53. The molecule has 21 heavy (non-hydrogen) atoms. The molecule has 108 valence electrons. The van der Waals surface area contributed by atoms with Crippen LogP contribution in [0.1, 0.15) is 33.1 Å². The third-order valence-corrected chi connectivity index (χ3v) is 4.07. The molecule has 0 aliphatic carbocycles. The van der Waals surface area contributed by atoms with Gasteiger partial charge in [0.1, 0.15) is 0 Å². The number of carbonyl (C=O) groups excluding carboxylic acids is 1. The van der Waals surface area contributed by atoms with Crippen molar-refractivity contribution in [2.45, 2.75) is 19.4 Å². The van der Waals surface area contributed by atoms with E-state index in [4.69, 9.17) is 0 Å². The van der Waals surface area contributed by atoms with Crippen LogP contribution in [-0.4, -0.2) is 19.0 Å². The van der Waals surface area contributed by atoms with Crippen molar-refractivity contribution in [2.75, 3.05) is 13.1 Å². The highest BCUT2D eigenvalue weighted by Gasteiger charge is 2.20. The molecule has 2 aromatic rings. The predicted molar refractivity (Wildman–Crippen MR) is 84.4 cm³/mol. The van der Waals surface area contributed by atoms with Crippen molar-refractivity contribution >= 4 is 5.91 Å². The van der Waals surface area contributed by atoms with E-state index in [0.29, 0.717) is 6.54 Å². The summed E-state index contributed by atoms with van der Waals surface area (Å²) in [5.41, 5.74) is 4.44. The number of hydrogen-bond donors (Lipinski definition) is 2. The van der Waals surface area contributed by atoms with Gasteiger partial charge in [0.25, 0.3) is 5.91 Å². The first-order valence-electron chi connectivity index (χ1n) is 7.41. The number of rotatable bonds is 3. The Bertz CT molecular complexity index is 651. The summed E-state index contributed by atoms with van der Waals surface area (Å²) >= 11 is 0. The van der Waals surface area contributed by atoms with Crippen LogP contribution in [0, 0.1) is 6.92 Å². The summed E-state index contributed by atoms with van der Waals surface area (Å²) in [4.78, 5) is 12.3. The summed E-state index contributed by atoms with van der Waals surface area (Å²) in [6.45, 7) is 3.54. The summed E-state index contributed by atoms with van der Waals surface area (Å²) in [5, 5.41) is 6.53. The molecule has 0 saturated heterocycles. The van der Waals surface area contributed by atoms with Crippen LogP contribution in [0.2, 0.25) is 0 Å². The van der Waals surface area contributed by atoms with Gasteiger partial charge >= 0.3 is 0 Å². The van der Waals surface area contributed by atoms with Crippen molar-refractivity contribution in [3.63, 3.8) is 0 Å². The first-order chi connectivity index (χ1) is 10.3. The summed E-state index contributed by atoms with van der Waals surface area (Å²) in [7, 11) is 0. The van der Waals surface area contributed by atoms with Gasteiger partial charge < -0.3 is 10.6 Å². The van der Waals surface area contributed by atoms with E-state index in [9.17, 15) is 4.79 Å². The molecule has 0 radical (unpaired) electrons. The van der Waals surface area contributed by atoms with E-state index in [1.54, 1.807) is 0 Å². The molecule has 1 aliphatic rings. The molecule has 2 aromatic carbocycles. The Morgan fingerprint density at radius 3 is 2.81 bits per heavy atom. The lowest BCUT2D eigenvalue weighted by Gasteiger charge is -2.27. The summed E-state index contributed by atoms with van der Waals surface area (Å²) in [6, 6.07) is 16.3. The SMILES string of the molecule is Cc1ccccc1C(=O)NCC1NCCc2ccccc21. The van der Waals surface area contributed by atoms with Crippen molar-refractivity contribution < 1.29 is 4.79 Å². The maximum atomic E-state index is 12.3. The van der Waals surface area contributed by atoms with Crippen molar-refractivity contribution in [2.24, 2.45) is 0 Å². The fourth-order valence-corrected chi connectivity index (χ4v) is 2.89.